The molecule has 0 atom stereocenters. The lowest BCUT2D eigenvalue weighted by Crippen LogP contribution is -1.90. The number of phenolic OH excluding ortho intramolecular Hbond substituents is 1. The summed E-state index contributed by atoms with van der Waals surface area (Å²) in [4.78, 5) is 4.61. The third-order valence-electron chi connectivity index (χ3n) is 3.48. The molecular formula is C18H17NO3S. The summed E-state index contributed by atoms with van der Waals surface area (Å²) in [6.45, 7) is 2.06. The third-order valence-corrected chi connectivity index (χ3v) is 4.48. The lowest BCUT2D eigenvalue weighted by Gasteiger charge is -2.09. The van der Waals surface area contributed by atoms with Gasteiger partial charge in [-0.3, -0.25) is 0 Å². The van der Waals surface area contributed by atoms with Crippen LogP contribution in [0.4, 0.5) is 0 Å². The Bertz CT molecular complexity index is 858. The van der Waals surface area contributed by atoms with Crippen molar-refractivity contribution in [3.8, 4) is 17.2 Å². The standard InChI is InChI=1S/C18H17NO3S/c1-11-4-6-16-13(8-11)19-17(23-16)7-5-12-9-14(21-2)18(20)15(10-12)22-3/h4-10,20H,1-3H3/b7-5+. The van der Waals surface area contributed by atoms with Crippen molar-refractivity contribution >= 4 is 33.7 Å². The summed E-state index contributed by atoms with van der Waals surface area (Å²) in [5.41, 5.74) is 3.08. The van der Waals surface area contributed by atoms with Crippen molar-refractivity contribution in [2.24, 2.45) is 0 Å². The van der Waals surface area contributed by atoms with E-state index in [1.807, 2.05) is 12.2 Å². The number of thiazole rings is 1. The van der Waals surface area contributed by atoms with Crippen molar-refractivity contribution in [1.82, 2.24) is 4.98 Å². The van der Waals surface area contributed by atoms with Crippen LogP contribution < -0.4 is 9.47 Å². The first-order valence-corrected chi connectivity index (χ1v) is 7.92. The molecule has 0 aliphatic heterocycles. The van der Waals surface area contributed by atoms with Gasteiger partial charge in [0.2, 0.25) is 5.75 Å². The fraction of sp³-hybridized carbons (Fsp3) is 0.167. The molecule has 23 heavy (non-hydrogen) atoms. The minimum atomic E-state index is 0.00242. The summed E-state index contributed by atoms with van der Waals surface area (Å²) >= 11 is 1.64. The van der Waals surface area contributed by atoms with E-state index < -0.39 is 0 Å². The number of rotatable bonds is 4. The maximum Gasteiger partial charge on any atom is 0.200 e. The summed E-state index contributed by atoms with van der Waals surface area (Å²) in [5, 5.41) is 10.9. The zero-order valence-electron chi connectivity index (χ0n) is 13.2. The fourth-order valence-electron chi connectivity index (χ4n) is 2.30. The SMILES string of the molecule is COc1cc(/C=C/c2nc3cc(C)ccc3s2)cc(OC)c1O. The van der Waals surface area contributed by atoms with Gasteiger partial charge in [0.15, 0.2) is 11.5 Å². The predicted octanol–water partition coefficient (Wildman–Crippen LogP) is 4.50. The van der Waals surface area contributed by atoms with E-state index >= 15 is 0 Å². The van der Waals surface area contributed by atoms with Crippen molar-refractivity contribution in [2.45, 2.75) is 6.92 Å². The first-order valence-electron chi connectivity index (χ1n) is 7.11. The molecule has 118 valence electrons. The molecule has 3 rings (SSSR count). The normalized spacial score (nSPS) is 11.3. The van der Waals surface area contributed by atoms with Crippen LogP contribution >= 0.6 is 11.3 Å². The van der Waals surface area contributed by atoms with Gasteiger partial charge in [-0.05, 0) is 48.4 Å². The first-order chi connectivity index (χ1) is 11.1. The molecule has 0 spiro atoms. The molecule has 0 amide bonds. The number of hydrogen-bond acceptors (Lipinski definition) is 5. The molecule has 0 bridgehead atoms. The average Bonchev–Trinajstić information content (AvgIpc) is 2.95. The highest BCUT2D eigenvalue weighted by molar-refractivity contribution is 7.19. The van der Waals surface area contributed by atoms with Gasteiger partial charge in [0.1, 0.15) is 5.01 Å². The van der Waals surface area contributed by atoms with Crippen LogP contribution in [-0.2, 0) is 0 Å². The van der Waals surface area contributed by atoms with E-state index in [-0.39, 0.29) is 5.75 Å². The van der Waals surface area contributed by atoms with E-state index in [1.54, 1.807) is 23.5 Å². The van der Waals surface area contributed by atoms with Crippen LogP contribution in [0.3, 0.4) is 0 Å². The number of methoxy groups -OCH3 is 2. The molecule has 0 fully saturated rings. The molecule has 0 aliphatic carbocycles. The highest BCUT2D eigenvalue weighted by atomic mass is 32.1. The average molecular weight is 327 g/mol. The summed E-state index contributed by atoms with van der Waals surface area (Å²) in [7, 11) is 3.02. The Kier molecular flexibility index (Phi) is 4.21. The van der Waals surface area contributed by atoms with Gasteiger partial charge in [-0.1, -0.05) is 12.1 Å². The summed E-state index contributed by atoms with van der Waals surface area (Å²) in [5.74, 6) is 0.760. The second kappa shape index (κ2) is 6.30. The molecule has 0 aliphatic rings. The topological polar surface area (TPSA) is 51.6 Å². The highest BCUT2D eigenvalue weighted by Crippen LogP contribution is 2.37. The first kappa shape index (κ1) is 15.4. The lowest BCUT2D eigenvalue weighted by atomic mass is 10.1. The van der Waals surface area contributed by atoms with Gasteiger partial charge < -0.3 is 14.6 Å². The third kappa shape index (κ3) is 3.14. The minimum Gasteiger partial charge on any atom is -0.502 e. The van der Waals surface area contributed by atoms with E-state index in [1.165, 1.54) is 19.8 Å². The number of benzene rings is 2. The number of hydrogen-bond donors (Lipinski definition) is 1. The number of aromatic hydroxyl groups is 1. The molecule has 0 saturated heterocycles. The summed E-state index contributed by atoms with van der Waals surface area (Å²) < 4.78 is 11.5. The van der Waals surface area contributed by atoms with Crippen LogP contribution in [-0.4, -0.2) is 24.3 Å². The molecule has 1 heterocycles. The largest absolute Gasteiger partial charge is 0.502 e. The second-order valence-electron chi connectivity index (χ2n) is 5.13. The number of nitrogens with zero attached hydrogens (tertiary/aromatic N) is 1. The highest BCUT2D eigenvalue weighted by Gasteiger charge is 2.10. The fourth-order valence-corrected chi connectivity index (χ4v) is 3.15. The summed E-state index contributed by atoms with van der Waals surface area (Å²) in [6, 6.07) is 9.77. The van der Waals surface area contributed by atoms with E-state index in [9.17, 15) is 5.11 Å². The number of phenols is 1. The van der Waals surface area contributed by atoms with E-state index in [0.717, 1.165) is 20.8 Å². The maximum atomic E-state index is 9.94. The Morgan fingerprint density at radius 1 is 1.04 bits per heavy atom. The molecule has 0 unspecified atom stereocenters. The van der Waals surface area contributed by atoms with Gasteiger partial charge in [0.05, 0.1) is 24.4 Å². The van der Waals surface area contributed by atoms with Crippen LogP contribution in [0.2, 0.25) is 0 Å². The van der Waals surface area contributed by atoms with Gasteiger partial charge in [0, 0.05) is 0 Å². The molecule has 1 aromatic heterocycles. The Morgan fingerprint density at radius 2 is 1.74 bits per heavy atom. The summed E-state index contributed by atoms with van der Waals surface area (Å²) in [6.07, 6.45) is 3.88. The lowest BCUT2D eigenvalue weighted by molar-refractivity contribution is 0.340. The maximum absolute atomic E-state index is 9.94. The van der Waals surface area contributed by atoms with E-state index in [2.05, 4.69) is 30.1 Å². The van der Waals surface area contributed by atoms with E-state index in [0.29, 0.717) is 11.5 Å². The van der Waals surface area contributed by atoms with Gasteiger partial charge in [-0.2, -0.15) is 0 Å². The van der Waals surface area contributed by atoms with Gasteiger partial charge in [0.25, 0.3) is 0 Å². The van der Waals surface area contributed by atoms with Crippen molar-refractivity contribution < 1.29 is 14.6 Å². The van der Waals surface area contributed by atoms with Gasteiger partial charge in [-0.25, -0.2) is 4.98 Å². The minimum absolute atomic E-state index is 0.00242. The quantitative estimate of drug-likeness (QED) is 0.766. The molecule has 2 aromatic carbocycles. The predicted molar refractivity (Wildman–Crippen MR) is 94.5 cm³/mol. The Morgan fingerprint density at radius 3 is 2.39 bits per heavy atom. The van der Waals surface area contributed by atoms with Crippen LogP contribution in [0.15, 0.2) is 30.3 Å². The van der Waals surface area contributed by atoms with Crippen LogP contribution in [0, 0.1) is 6.92 Å². The zero-order valence-corrected chi connectivity index (χ0v) is 14.0. The van der Waals surface area contributed by atoms with Crippen LogP contribution in [0.1, 0.15) is 16.1 Å². The van der Waals surface area contributed by atoms with Crippen molar-refractivity contribution in [1.29, 1.82) is 0 Å². The number of aryl methyl sites for hydroxylation is 1. The van der Waals surface area contributed by atoms with Crippen LogP contribution in [0.5, 0.6) is 17.2 Å². The molecular weight excluding hydrogens is 310 g/mol. The Balaban J connectivity index is 1.94. The second-order valence-corrected chi connectivity index (χ2v) is 6.19. The van der Waals surface area contributed by atoms with Gasteiger partial charge in [-0.15, -0.1) is 11.3 Å². The van der Waals surface area contributed by atoms with Gasteiger partial charge >= 0.3 is 0 Å². The zero-order chi connectivity index (χ0) is 16.4. The molecule has 0 saturated carbocycles. The molecule has 5 heteroatoms. The molecule has 4 nitrogen and oxygen atoms in total. The van der Waals surface area contributed by atoms with Crippen molar-refractivity contribution in [3.63, 3.8) is 0 Å². The number of aromatic nitrogens is 1. The van der Waals surface area contributed by atoms with Crippen molar-refractivity contribution in [2.75, 3.05) is 14.2 Å². The van der Waals surface area contributed by atoms with Crippen LogP contribution in [0.25, 0.3) is 22.4 Å². The monoisotopic (exact) mass is 327 g/mol. The van der Waals surface area contributed by atoms with E-state index in [4.69, 9.17) is 9.47 Å². The number of fused-ring (bicyclic) bond motifs is 1. The molecule has 3 aromatic rings. The Labute approximate surface area is 138 Å². The smallest absolute Gasteiger partial charge is 0.200 e. The molecule has 1 N–H and O–H groups in total. The number of ether oxygens (including phenoxy) is 2. The van der Waals surface area contributed by atoms with Crippen molar-refractivity contribution in [3.05, 3.63) is 46.5 Å². The molecule has 0 radical (unpaired) electrons. The Hall–Kier alpha value is -2.53.